The molecule has 0 aliphatic heterocycles. The minimum atomic E-state index is 0.721. The summed E-state index contributed by atoms with van der Waals surface area (Å²) < 4.78 is 0. The molecule has 108 valence electrons. The number of unbranched alkanes of at least 4 members (excludes halogenated alkanes) is 1. The third-order valence-electron chi connectivity index (χ3n) is 3.52. The summed E-state index contributed by atoms with van der Waals surface area (Å²) >= 11 is 0. The number of nitrogens with one attached hydrogen (secondary N) is 1. The first-order valence-electron chi connectivity index (χ1n) is 7.22. The highest BCUT2D eigenvalue weighted by atomic mass is 15.1. The van der Waals surface area contributed by atoms with Crippen molar-refractivity contribution in [3.05, 3.63) is 18.2 Å². The van der Waals surface area contributed by atoms with Gasteiger partial charge in [0.05, 0.1) is 31.5 Å². The Labute approximate surface area is 117 Å². The number of rotatable bonds is 8. The molecule has 1 atom stereocenters. The summed E-state index contributed by atoms with van der Waals surface area (Å²) in [4.78, 5) is 3.82. The first kappa shape index (κ1) is 15.6. The molecular formula is C15H29N4+. The summed E-state index contributed by atoms with van der Waals surface area (Å²) in [6, 6.07) is 5.73. The molecule has 0 bridgehead atoms. The molecule has 4 nitrogen and oxygen atoms in total. The molecule has 0 aliphatic carbocycles. The molecule has 19 heavy (non-hydrogen) atoms. The molecule has 0 saturated heterocycles. The van der Waals surface area contributed by atoms with E-state index in [0.29, 0.717) is 0 Å². The highest BCUT2D eigenvalue weighted by Crippen LogP contribution is 2.24. The van der Waals surface area contributed by atoms with Crippen molar-refractivity contribution in [2.45, 2.75) is 26.2 Å². The molecule has 0 aliphatic rings. The number of nitrogen functional groups attached to an aromatic ring is 2. The van der Waals surface area contributed by atoms with Gasteiger partial charge in [-0.2, -0.15) is 0 Å². The van der Waals surface area contributed by atoms with Crippen LogP contribution < -0.4 is 21.3 Å². The molecule has 0 amide bonds. The van der Waals surface area contributed by atoms with Gasteiger partial charge in [-0.05, 0) is 24.6 Å². The standard InChI is InChI=1S/C15H28N4/c1-4-5-9-18(2)10-6-11-19(3)15-8-7-13(16)12-14(15)17/h7-8,12H,4-6,9-11,16-17H2,1-3H3/p+1. The third-order valence-corrected chi connectivity index (χ3v) is 3.52. The van der Waals surface area contributed by atoms with Crippen LogP contribution in [0.2, 0.25) is 0 Å². The summed E-state index contributed by atoms with van der Waals surface area (Å²) in [5.41, 5.74) is 14.3. The third kappa shape index (κ3) is 5.39. The molecule has 0 radical (unpaired) electrons. The minimum Gasteiger partial charge on any atom is -0.399 e. The molecule has 1 rings (SSSR count). The molecule has 5 N–H and O–H groups in total. The maximum absolute atomic E-state index is 5.99. The Hall–Kier alpha value is -1.42. The van der Waals surface area contributed by atoms with Gasteiger partial charge in [0, 0.05) is 25.7 Å². The lowest BCUT2D eigenvalue weighted by molar-refractivity contribution is -0.879. The van der Waals surface area contributed by atoms with E-state index in [-0.39, 0.29) is 0 Å². The lowest BCUT2D eigenvalue weighted by Crippen LogP contribution is -3.09. The van der Waals surface area contributed by atoms with E-state index in [1.165, 1.54) is 32.4 Å². The van der Waals surface area contributed by atoms with Crippen LogP contribution in [-0.2, 0) is 0 Å². The number of hydrogen-bond acceptors (Lipinski definition) is 3. The van der Waals surface area contributed by atoms with Crippen molar-refractivity contribution in [3.63, 3.8) is 0 Å². The van der Waals surface area contributed by atoms with Crippen LogP contribution >= 0.6 is 0 Å². The number of quaternary nitrogens is 1. The summed E-state index contributed by atoms with van der Waals surface area (Å²) in [5, 5.41) is 0. The highest BCUT2D eigenvalue weighted by Gasteiger charge is 2.07. The van der Waals surface area contributed by atoms with Crippen LogP contribution in [0.5, 0.6) is 0 Å². The molecule has 1 unspecified atom stereocenters. The lowest BCUT2D eigenvalue weighted by Gasteiger charge is -2.22. The molecule has 0 aromatic heterocycles. The van der Waals surface area contributed by atoms with Gasteiger partial charge in [0.1, 0.15) is 0 Å². The van der Waals surface area contributed by atoms with Crippen LogP contribution in [0.1, 0.15) is 26.2 Å². The van der Waals surface area contributed by atoms with Crippen molar-refractivity contribution in [1.29, 1.82) is 0 Å². The summed E-state index contributed by atoms with van der Waals surface area (Å²) in [6.45, 7) is 5.74. The maximum atomic E-state index is 5.99. The number of nitrogens with two attached hydrogens (primary N) is 2. The fourth-order valence-corrected chi connectivity index (χ4v) is 2.26. The van der Waals surface area contributed by atoms with Crippen LogP contribution in [0.4, 0.5) is 17.1 Å². The monoisotopic (exact) mass is 265 g/mol. The van der Waals surface area contributed by atoms with Crippen molar-refractivity contribution in [3.8, 4) is 0 Å². The lowest BCUT2D eigenvalue weighted by atomic mass is 10.2. The van der Waals surface area contributed by atoms with Gasteiger partial charge in [-0.25, -0.2) is 0 Å². The topological polar surface area (TPSA) is 59.7 Å². The Kier molecular flexibility index (Phi) is 6.50. The maximum Gasteiger partial charge on any atom is 0.0786 e. The van der Waals surface area contributed by atoms with Crippen molar-refractivity contribution in [2.75, 3.05) is 50.1 Å². The SMILES string of the molecule is CCCC[NH+](C)CCCN(C)c1ccc(N)cc1N. The highest BCUT2D eigenvalue weighted by molar-refractivity contribution is 5.71. The van der Waals surface area contributed by atoms with Crippen molar-refractivity contribution in [2.24, 2.45) is 0 Å². The normalized spacial score (nSPS) is 12.4. The van der Waals surface area contributed by atoms with Crippen LogP contribution in [0, 0.1) is 0 Å². The van der Waals surface area contributed by atoms with Gasteiger partial charge >= 0.3 is 0 Å². The van der Waals surface area contributed by atoms with Gasteiger partial charge < -0.3 is 21.3 Å². The van der Waals surface area contributed by atoms with E-state index in [9.17, 15) is 0 Å². The molecule has 4 heteroatoms. The molecular weight excluding hydrogens is 236 g/mol. The number of nitrogens with zero attached hydrogens (tertiary/aromatic N) is 1. The second-order valence-corrected chi connectivity index (χ2v) is 5.40. The van der Waals surface area contributed by atoms with Gasteiger partial charge in [0.25, 0.3) is 0 Å². The zero-order chi connectivity index (χ0) is 14.3. The minimum absolute atomic E-state index is 0.721. The van der Waals surface area contributed by atoms with Gasteiger partial charge in [-0.1, -0.05) is 13.3 Å². The van der Waals surface area contributed by atoms with E-state index in [1.54, 1.807) is 4.90 Å². The fraction of sp³-hybridized carbons (Fsp3) is 0.600. The molecule has 0 spiro atoms. The number of anilines is 3. The van der Waals surface area contributed by atoms with Crippen molar-refractivity contribution < 1.29 is 4.90 Å². The van der Waals surface area contributed by atoms with Crippen LogP contribution in [0.15, 0.2) is 18.2 Å². The Morgan fingerprint density at radius 2 is 1.84 bits per heavy atom. The van der Waals surface area contributed by atoms with Gasteiger partial charge in [-0.15, -0.1) is 0 Å². The quantitative estimate of drug-likeness (QED) is 0.614. The van der Waals surface area contributed by atoms with E-state index in [0.717, 1.165) is 23.6 Å². The zero-order valence-electron chi connectivity index (χ0n) is 12.6. The predicted molar refractivity (Wildman–Crippen MR) is 84.7 cm³/mol. The Morgan fingerprint density at radius 3 is 2.47 bits per heavy atom. The number of hydrogen-bond donors (Lipinski definition) is 3. The molecule has 1 aromatic carbocycles. The van der Waals surface area contributed by atoms with Crippen molar-refractivity contribution >= 4 is 17.1 Å². The first-order valence-corrected chi connectivity index (χ1v) is 7.22. The summed E-state index contributed by atoms with van der Waals surface area (Å²) in [5.74, 6) is 0. The largest absolute Gasteiger partial charge is 0.399 e. The summed E-state index contributed by atoms with van der Waals surface area (Å²) in [7, 11) is 4.36. The fourth-order valence-electron chi connectivity index (χ4n) is 2.26. The van der Waals surface area contributed by atoms with Gasteiger partial charge in [0.15, 0.2) is 0 Å². The van der Waals surface area contributed by atoms with E-state index >= 15 is 0 Å². The smallest absolute Gasteiger partial charge is 0.0786 e. The number of benzene rings is 1. The average Bonchev–Trinajstić information content (AvgIpc) is 2.36. The predicted octanol–water partition coefficient (Wildman–Crippen LogP) is 0.992. The van der Waals surface area contributed by atoms with E-state index in [1.807, 2.05) is 18.2 Å². The Balaban J connectivity index is 2.36. The average molecular weight is 265 g/mol. The van der Waals surface area contributed by atoms with Crippen LogP contribution in [0.3, 0.4) is 0 Å². The Bertz CT molecular complexity index is 378. The van der Waals surface area contributed by atoms with E-state index in [2.05, 4.69) is 25.9 Å². The molecule has 0 saturated carbocycles. The van der Waals surface area contributed by atoms with E-state index < -0.39 is 0 Å². The molecule has 0 fully saturated rings. The van der Waals surface area contributed by atoms with E-state index in [4.69, 9.17) is 11.5 Å². The zero-order valence-corrected chi connectivity index (χ0v) is 12.6. The Morgan fingerprint density at radius 1 is 1.16 bits per heavy atom. The van der Waals surface area contributed by atoms with Crippen LogP contribution in [-0.4, -0.2) is 33.7 Å². The molecule has 1 aromatic rings. The first-order chi connectivity index (χ1) is 9.04. The van der Waals surface area contributed by atoms with Crippen LogP contribution in [0.25, 0.3) is 0 Å². The van der Waals surface area contributed by atoms with Gasteiger partial charge in [-0.3, -0.25) is 0 Å². The van der Waals surface area contributed by atoms with Crippen molar-refractivity contribution in [1.82, 2.24) is 0 Å². The molecule has 0 heterocycles. The summed E-state index contributed by atoms with van der Waals surface area (Å²) in [6.07, 6.45) is 3.77. The second kappa shape index (κ2) is 7.89. The second-order valence-electron chi connectivity index (χ2n) is 5.40. The van der Waals surface area contributed by atoms with Gasteiger partial charge in [0.2, 0.25) is 0 Å².